The molecule has 0 aliphatic rings. The van der Waals surface area contributed by atoms with Gasteiger partial charge in [0.15, 0.2) is 11.5 Å². The van der Waals surface area contributed by atoms with Crippen molar-refractivity contribution >= 4 is 21.9 Å². The smallest absolute Gasteiger partial charge is 0.243 e. The third kappa shape index (κ3) is 3.01. The lowest BCUT2D eigenvalue weighted by atomic mass is 10.2. The number of anilines is 1. The van der Waals surface area contributed by atoms with E-state index in [2.05, 4.69) is 36.8 Å². The molecule has 2 rings (SSSR count). The number of aryl methyl sites for hydroxylation is 1. The van der Waals surface area contributed by atoms with Crippen molar-refractivity contribution in [3.63, 3.8) is 0 Å². The second-order valence-electron chi connectivity index (χ2n) is 3.97. The number of nitrogens with zero attached hydrogens (tertiary/aromatic N) is 4. The number of methoxy groups -OCH3 is 2. The Balaban J connectivity index is 2.22. The summed E-state index contributed by atoms with van der Waals surface area (Å²) < 4.78 is 13.3. The molecule has 0 bridgehead atoms. The number of aromatic nitrogens is 4. The highest BCUT2D eigenvalue weighted by molar-refractivity contribution is 9.10. The second kappa shape index (κ2) is 6.56. The normalized spacial score (nSPS) is 10.4. The van der Waals surface area contributed by atoms with Gasteiger partial charge in [0.25, 0.3) is 0 Å². The van der Waals surface area contributed by atoms with Crippen molar-refractivity contribution in [2.75, 3.05) is 19.5 Å². The van der Waals surface area contributed by atoms with Crippen LogP contribution < -0.4 is 14.8 Å². The highest BCUT2D eigenvalue weighted by Crippen LogP contribution is 2.34. The van der Waals surface area contributed by atoms with Crippen LogP contribution in [-0.2, 0) is 13.1 Å². The lowest BCUT2D eigenvalue weighted by molar-refractivity contribution is 0.352. The molecule has 8 heteroatoms. The van der Waals surface area contributed by atoms with Crippen LogP contribution in [0.3, 0.4) is 0 Å². The fourth-order valence-corrected chi connectivity index (χ4v) is 2.34. The fourth-order valence-electron chi connectivity index (χ4n) is 1.86. The Bertz CT molecular complexity index is 587. The van der Waals surface area contributed by atoms with Gasteiger partial charge in [0.1, 0.15) is 0 Å². The monoisotopic (exact) mass is 341 g/mol. The van der Waals surface area contributed by atoms with Crippen LogP contribution in [0.25, 0.3) is 0 Å². The minimum Gasteiger partial charge on any atom is -0.493 e. The average molecular weight is 342 g/mol. The van der Waals surface area contributed by atoms with Crippen LogP contribution in [0.5, 0.6) is 11.5 Å². The zero-order chi connectivity index (χ0) is 14.5. The van der Waals surface area contributed by atoms with Gasteiger partial charge in [-0.05, 0) is 29.5 Å². The highest BCUT2D eigenvalue weighted by Gasteiger charge is 2.12. The van der Waals surface area contributed by atoms with E-state index < -0.39 is 0 Å². The first-order chi connectivity index (χ1) is 9.69. The van der Waals surface area contributed by atoms with E-state index in [-0.39, 0.29) is 0 Å². The molecule has 1 aromatic carbocycles. The largest absolute Gasteiger partial charge is 0.493 e. The quantitative estimate of drug-likeness (QED) is 0.867. The summed E-state index contributed by atoms with van der Waals surface area (Å²) >= 11 is 3.46. The van der Waals surface area contributed by atoms with Gasteiger partial charge in [-0.25, -0.2) is 4.68 Å². The lowest BCUT2D eigenvalue weighted by Crippen LogP contribution is -2.09. The zero-order valence-corrected chi connectivity index (χ0v) is 13.1. The van der Waals surface area contributed by atoms with Gasteiger partial charge in [-0.2, -0.15) is 0 Å². The molecule has 0 aliphatic carbocycles. The molecule has 0 unspecified atom stereocenters. The van der Waals surface area contributed by atoms with Crippen LogP contribution in [0.2, 0.25) is 0 Å². The minimum atomic E-state index is 0.527. The molecular formula is C12H16BrN5O2. The van der Waals surface area contributed by atoms with Crippen molar-refractivity contribution < 1.29 is 9.47 Å². The van der Waals surface area contributed by atoms with Crippen molar-refractivity contribution in [2.24, 2.45) is 0 Å². The zero-order valence-electron chi connectivity index (χ0n) is 11.6. The summed E-state index contributed by atoms with van der Waals surface area (Å²) in [4.78, 5) is 0. The Hall–Kier alpha value is -1.83. The van der Waals surface area contributed by atoms with Crippen LogP contribution in [-0.4, -0.2) is 34.4 Å². The second-order valence-corrected chi connectivity index (χ2v) is 4.89. The minimum absolute atomic E-state index is 0.527. The topological polar surface area (TPSA) is 74.1 Å². The van der Waals surface area contributed by atoms with Crippen molar-refractivity contribution in [1.82, 2.24) is 20.2 Å². The summed E-state index contributed by atoms with van der Waals surface area (Å²) in [7, 11) is 3.23. The van der Waals surface area contributed by atoms with Crippen molar-refractivity contribution in [2.45, 2.75) is 20.0 Å². The van der Waals surface area contributed by atoms with Crippen LogP contribution in [0.4, 0.5) is 5.95 Å². The van der Waals surface area contributed by atoms with E-state index in [4.69, 9.17) is 9.47 Å². The number of ether oxygens (including phenoxy) is 2. The molecule has 0 saturated carbocycles. The Labute approximate surface area is 125 Å². The Kier molecular flexibility index (Phi) is 4.78. The lowest BCUT2D eigenvalue weighted by Gasteiger charge is -2.14. The van der Waals surface area contributed by atoms with E-state index in [0.29, 0.717) is 30.5 Å². The molecule has 1 aromatic heterocycles. The summed E-state index contributed by atoms with van der Waals surface area (Å²) in [5.74, 6) is 1.99. The van der Waals surface area contributed by atoms with Gasteiger partial charge in [-0.1, -0.05) is 21.0 Å². The third-order valence-corrected chi connectivity index (χ3v) is 3.25. The maximum absolute atomic E-state index is 5.40. The van der Waals surface area contributed by atoms with Gasteiger partial charge in [0.2, 0.25) is 5.95 Å². The highest BCUT2D eigenvalue weighted by atomic mass is 79.9. The van der Waals surface area contributed by atoms with Gasteiger partial charge in [0.05, 0.1) is 14.2 Å². The van der Waals surface area contributed by atoms with Gasteiger partial charge in [0, 0.05) is 23.1 Å². The molecule has 7 nitrogen and oxygen atoms in total. The first-order valence-corrected chi connectivity index (χ1v) is 6.89. The van der Waals surface area contributed by atoms with Crippen molar-refractivity contribution in [3.8, 4) is 11.5 Å². The summed E-state index contributed by atoms with van der Waals surface area (Å²) in [6.07, 6.45) is 0. The molecule has 0 atom stereocenters. The molecule has 0 aliphatic heterocycles. The van der Waals surface area contributed by atoms with Crippen LogP contribution in [0.1, 0.15) is 12.5 Å². The molecule has 1 heterocycles. The van der Waals surface area contributed by atoms with Crippen molar-refractivity contribution in [1.29, 1.82) is 0 Å². The van der Waals surface area contributed by atoms with Gasteiger partial charge >= 0.3 is 0 Å². The van der Waals surface area contributed by atoms with E-state index in [9.17, 15) is 0 Å². The summed E-state index contributed by atoms with van der Waals surface area (Å²) in [5, 5.41) is 14.6. The van der Waals surface area contributed by atoms with E-state index in [1.54, 1.807) is 18.9 Å². The molecule has 0 fully saturated rings. The maximum Gasteiger partial charge on any atom is 0.243 e. The Morgan fingerprint density at radius 3 is 2.75 bits per heavy atom. The summed E-state index contributed by atoms with van der Waals surface area (Å²) in [5.41, 5.74) is 0.948. The van der Waals surface area contributed by atoms with Gasteiger partial charge in [-0.3, -0.25) is 0 Å². The van der Waals surface area contributed by atoms with E-state index in [0.717, 1.165) is 10.0 Å². The fraction of sp³-hybridized carbons (Fsp3) is 0.417. The van der Waals surface area contributed by atoms with Crippen LogP contribution >= 0.6 is 15.9 Å². The molecule has 0 spiro atoms. The average Bonchev–Trinajstić information content (AvgIpc) is 2.91. The molecular weight excluding hydrogens is 326 g/mol. The Morgan fingerprint density at radius 2 is 2.10 bits per heavy atom. The van der Waals surface area contributed by atoms with Crippen molar-refractivity contribution in [3.05, 3.63) is 22.2 Å². The van der Waals surface area contributed by atoms with E-state index >= 15 is 0 Å². The summed E-state index contributed by atoms with van der Waals surface area (Å²) in [6.45, 7) is 3.21. The number of hydrogen-bond donors (Lipinski definition) is 1. The number of tetrazole rings is 1. The standard InChI is InChI=1S/C12H16BrN5O2/c1-4-18-12(15-16-17-18)14-7-8-5-9(13)6-10(19-2)11(8)20-3/h5-6H,4,7H2,1-3H3,(H,14,15,17). The number of hydrogen-bond acceptors (Lipinski definition) is 6. The van der Waals surface area contributed by atoms with E-state index in [1.807, 2.05) is 19.1 Å². The van der Waals surface area contributed by atoms with Gasteiger partial charge < -0.3 is 14.8 Å². The number of benzene rings is 1. The third-order valence-electron chi connectivity index (χ3n) is 2.79. The number of halogens is 1. The molecule has 108 valence electrons. The molecule has 20 heavy (non-hydrogen) atoms. The molecule has 2 aromatic rings. The first kappa shape index (κ1) is 14.6. The van der Waals surface area contributed by atoms with Crippen LogP contribution in [0, 0.1) is 0 Å². The number of rotatable bonds is 6. The molecule has 0 amide bonds. The van der Waals surface area contributed by atoms with Gasteiger partial charge in [-0.15, -0.1) is 0 Å². The maximum atomic E-state index is 5.40. The molecule has 0 saturated heterocycles. The first-order valence-electron chi connectivity index (χ1n) is 6.10. The Morgan fingerprint density at radius 1 is 1.30 bits per heavy atom. The van der Waals surface area contributed by atoms with E-state index in [1.165, 1.54) is 0 Å². The molecule has 0 radical (unpaired) electrons. The number of nitrogens with one attached hydrogen (secondary N) is 1. The SMILES string of the molecule is CCn1nnnc1NCc1cc(Br)cc(OC)c1OC. The predicted molar refractivity (Wildman–Crippen MR) is 78.1 cm³/mol. The van der Waals surface area contributed by atoms with Crippen LogP contribution in [0.15, 0.2) is 16.6 Å². The predicted octanol–water partition coefficient (Wildman–Crippen LogP) is 2.08. The summed E-state index contributed by atoms with van der Waals surface area (Å²) in [6, 6.07) is 3.83. The molecule has 1 N–H and O–H groups in total.